The Bertz CT molecular complexity index is 381. The quantitative estimate of drug-likeness (QED) is 0.852. The molecule has 1 unspecified atom stereocenters. The Morgan fingerprint density at radius 3 is 2.70 bits per heavy atom. The zero-order valence-corrected chi connectivity index (χ0v) is 13.5. The molecular weight excluding hydrogens is 274 g/mol. The molecule has 2 heterocycles. The van der Waals surface area contributed by atoms with Crippen LogP contribution in [0, 0.1) is 0 Å². The molecule has 2 fully saturated rings. The van der Waals surface area contributed by atoms with Crippen molar-refractivity contribution in [3.8, 4) is 0 Å². The number of carbonyl (C=O) groups is 2. The van der Waals surface area contributed by atoms with Crippen LogP contribution in [0.15, 0.2) is 0 Å². The van der Waals surface area contributed by atoms with E-state index in [1.54, 1.807) is 0 Å². The van der Waals surface area contributed by atoms with Crippen molar-refractivity contribution in [2.75, 3.05) is 25.4 Å². The van der Waals surface area contributed by atoms with Crippen molar-refractivity contribution < 1.29 is 9.59 Å². The summed E-state index contributed by atoms with van der Waals surface area (Å²) in [6.07, 6.45) is 3.26. The minimum atomic E-state index is -0.247. The van der Waals surface area contributed by atoms with Gasteiger partial charge in [0.15, 0.2) is 0 Å². The number of amides is 4. The number of carbonyl (C=O) groups excluding carboxylic acids is 2. The monoisotopic (exact) mass is 299 g/mol. The van der Waals surface area contributed by atoms with Crippen molar-refractivity contribution in [1.82, 2.24) is 15.1 Å². The van der Waals surface area contributed by atoms with Crippen molar-refractivity contribution in [3.63, 3.8) is 0 Å². The lowest BCUT2D eigenvalue weighted by atomic mass is 10.0. The molecule has 0 spiro atoms. The van der Waals surface area contributed by atoms with Crippen molar-refractivity contribution in [3.05, 3.63) is 0 Å². The minimum Gasteiger partial charge on any atom is -0.336 e. The Morgan fingerprint density at radius 2 is 2.10 bits per heavy atom. The number of nitrogens with zero attached hydrogens (tertiary/aromatic N) is 2. The molecule has 5 nitrogen and oxygen atoms in total. The number of hydrogen-bond acceptors (Lipinski definition) is 3. The molecular formula is C14H25N3O2S. The number of urea groups is 2. The fourth-order valence-electron chi connectivity index (χ4n) is 2.58. The standard InChI is InChI=1S/C14H25N3O2S/c1-14(2,3)20-10-11-6-4-5-8-16(11)13(19)17-9-7-15-12(17)18/h11H,4-10H2,1-3H3,(H,15,18). The van der Waals surface area contributed by atoms with E-state index in [4.69, 9.17) is 0 Å². The molecule has 2 saturated heterocycles. The molecule has 114 valence electrons. The second kappa shape index (κ2) is 6.24. The van der Waals surface area contributed by atoms with Crippen LogP contribution < -0.4 is 5.32 Å². The van der Waals surface area contributed by atoms with Gasteiger partial charge >= 0.3 is 12.1 Å². The highest BCUT2D eigenvalue weighted by Gasteiger charge is 2.35. The van der Waals surface area contributed by atoms with Crippen molar-refractivity contribution in [2.45, 2.75) is 50.8 Å². The molecule has 0 radical (unpaired) electrons. The summed E-state index contributed by atoms with van der Waals surface area (Å²) in [5, 5.41) is 2.69. The summed E-state index contributed by atoms with van der Waals surface area (Å²) >= 11 is 1.89. The summed E-state index contributed by atoms with van der Waals surface area (Å²) in [6.45, 7) is 8.42. The summed E-state index contributed by atoms with van der Waals surface area (Å²) in [5.74, 6) is 0.949. The maximum Gasteiger partial charge on any atom is 0.328 e. The maximum absolute atomic E-state index is 12.5. The summed E-state index contributed by atoms with van der Waals surface area (Å²) < 4.78 is 0.206. The van der Waals surface area contributed by atoms with Crippen LogP contribution in [0.25, 0.3) is 0 Å². The molecule has 1 N–H and O–H groups in total. The molecule has 6 heteroatoms. The van der Waals surface area contributed by atoms with E-state index in [1.807, 2.05) is 16.7 Å². The zero-order valence-electron chi connectivity index (χ0n) is 12.6. The van der Waals surface area contributed by atoms with Gasteiger partial charge in [0.2, 0.25) is 0 Å². The van der Waals surface area contributed by atoms with Crippen LogP contribution in [0.4, 0.5) is 9.59 Å². The Labute approximate surface area is 125 Å². The third-order valence-electron chi connectivity index (χ3n) is 3.67. The van der Waals surface area contributed by atoms with Gasteiger partial charge in [-0.25, -0.2) is 14.5 Å². The van der Waals surface area contributed by atoms with Crippen LogP contribution in [-0.4, -0.2) is 58.0 Å². The molecule has 20 heavy (non-hydrogen) atoms. The van der Waals surface area contributed by atoms with Crippen molar-refractivity contribution in [1.29, 1.82) is 0 Å². The van der Waals surface area contributed by atoms with Crippen LogP contribution >= 0.6 is 11.8 Å². The van der Waals surface area contributed by atoms with Crippen molar-refractivity contribution >= 4 is 23.8 Å². The highest BCUT2D eigenvalue weighted by Crippen LogP contribution is 2.29. The topological polar surface area (TPSA) is 52.7 Å². The van der Waals surface area contributed by atoms with Gasteiger partial charge in [-0.1, -0.05) is 20.8 Å². The van der Waals surface area contributed by atoms with E-state index in [0.717, 1.165) is 25.1 Å². The van der Waals surface area contributed by atoms with Gasteiger partial charge in [0.05, 0.1) is 0 Å². The first-order valence-electron chi connectivity index (χ1n) is 7.38. The largest absolute Gasteiger partial charge is 0.336 e. The van der Waals surface area contributed by atoms with E-state index in [9.17, 15) is 9.59 Å². The maximum atomic E-state index is 12.5. The Hall–Kier alpha value is -0.910. The lowest BCUT2D eigenvalue weighted by molar-refractivity contribution is 0.133. The van der Waals surface area contributed by atoms with Gasteiger partial charge in [0.1, 0.15) is 0 Å². The SMILES string of the molecule is CC(C)(C)SCC1CCCCN1C(=O)N1CCNC1=O. The molecule has 2 aliphatic heterocycles. The Kier molecular flexibility index (Phi) is 4.83. The van der Waals surface area contributed by atoms with Gasteiger partial charge in [-0.2, -0.15) is 11.8 Å². The number of likely N-dealkylation sites (tertiary alicyclic amines) is 1. The molecule has 4 amide bonds. The summed E-state index contributed by atoms with van der Waals surface area (Å²) in [6, 6.07) is -0.101. The molecule has 0 aromatic rings. The number of hydrogen-bond donors (Lipinski definition) is 1. The summed E-state index contributed by atoms with van der Waals surface area (Å²) in [5.41, 5.74) is 0. The van der Waals surface area contributed by atoms with Crippen LogP contribution in [0.2, 0.25) is 0 Å². The average Bonchev–Trinajstić information content (AvgIpc) is 2.81. The minimum absolute atomic E-state index is 0.112. The molecule has 0 aliphatic carbocycles. The molecule has 1 atom stereocenters. The van der Waals surface area contributed by atoms with E-state index < -0.39 is 0 Å². The zero-order chi connectivity index (χ0) is 14.8. The first kappa shape index (κ1) is 15.5. The summed E-state index contributed by atoms with van der Waals surface area (Å²) in [7, 11) is 0. The smallest absolute Gasteiger partial charge is 0.328 e. The fraction of sp³-hybridized carbons (Fsp3) is 0.857. The molecule has 0 aromatic carbocycles. The lowest BCUT2D eigenvalue weighted by Gasteiger charge is -2.38. The number of rotatable bonds is 2. The molecule has 2 aliphatic rings. The predicted octanol–water partition coefficient (Wildman–Crippen LogP) is 2.52. The summed E-state index contributed by atoms with van der Waals surface area (Å²) in [4.78, 5) is 27.4. The lowest BCUT2D eigenvalue weighted by Crippen LogP contribution is -2.52. The van der Waals surface area contributed by atoms with Crippen LogP contribution in [0.3, 0.4) is 0 Å². The molecule has 2 rings (SSSR count). The van der Waals surface area contributed by atoms with Gasteiger partial charge < -0.3 is 10.2 Å². The molecule has 0 bridgehead atoms. The average molecular weight is 299 g/mol. The Morgan fingerprint density at radius 1 is 1.35 bits per heavy atom. The third-order valence-corrected chi connectivity index (χ3v) is 5.09. The first-order valence-corrected chi connectivity index (χ1v) is 8.37. The van der Waals surface area contributed by atoms with Gasteiger partial charge in [-0.3, -0.25) is 0 Å². The fourth-order valence-corrected chi connectivity index (χ4v) is 3.62. The Balaban J connectivity index is 1.99. The van der Waals surface area contributed by atoms with Gasteiger partial charge in [-0.05, 0) is 19.3 Å². The molecule has 0 aromatic heterocycles. The highest BCUT2D eigenvalue weighted by molar-refractivity contribution is 8.00. The molecule has 0 saturated carbocycles. The number of piperidine rings is 1. The van der Waals surface area contributed by atoms with E-state index in [-0.39, 0.29) is 22.9 Å². The van der Waals surface area contributed by atoms with Crippen LogP contribution in [0.1, 0.15) is 40.0 Å². The van der Waals surface area contributed by atoms with Crippen molar-refractivity contribution in [2.24, 2.45) is 0 Å². The van der Waals surface area contributed by atoms with Crippen LogP contribution in [-0.2, 0) is 0 Å². The van der Waals surface area contributed by atoms with E-state index in [0.29, 0.717) is 13.1 Å². The second-order valence-electron chi connectivity index (χ2n) is 6.43. The second-order valence-corrected chi connectivity index (χ2v) is 8.28. The van der Waals surface area contributed by atoms with Crippen LogP contribution in [0.5, 0.6) is 0 Å². The first-order chi connectivity index (χ1) is 9.38. The number of thioether (sulfide) groups is 1. The van der Waals surface area contributed by atoms with Gasteiger partial charge in [-0.15, -0.1) is 0 Å². The number of nitrogens with one attached hydrogen (secondary N) is 1. The van der Waals surface area contributed by atoms with Gasteiger partial charge in [0.25, 0.3) is 0 Å². The van der Waals surface area contributed by atoms with E-state index >= 15 is 0 Å². The third kappa shape index (κ3) is 3.81. The highest BCUT2D eigenvalue weighted by atomic mass is 32.2. The van der Waals surface area contributed by atoms with E-state index in [1.165, 1.54) is 11.3 Å². The number of imide groups is 1. The normalized spacial score (nSPS) is 23.9. The predicted molar refractivity (Wildman–Crippen MR) is 82.1 cm³/mol. The van der Waals surface area contributed by atoms with E-state index in [2.05, 4.69) is 26.1 Å². The van der Waals surface area contributed by atoms with Gasteiger partial charge in [0, 0.05) is 36.2 Å².